The molecule has 0 atom stereocenters. The predicted octanol–water partition coefficient (Wildman–Crippen LogP) is 2.66. The number of benzene rings is 1. The van der Waals surface area contributed by atoms with Gasteiger partial charge < -0.3 is 24.7 Å². The Kier molecular flexibility index (Phi) is 5.98. The first-order chi connectivity index (χ1) is 15.5. The molecule has 2 N–H and O–H groups in total. The smallest absolute Gasteiger partial charge is 0.270 e. The van der Waals surface area contributed by atoms with Crippen molar-refractivity contribution in [3.05, 3.63) is 47.2 Å². The maximum Gasteiger partial charge on any atom is 0.270 e. The van der Waals surface area contributed by atoms with Crippen LogP contribution < -0.4 is 14.8 Å². The number of fused-ring (bicyclic) bond motifs is 1. The summed E-state index contributed by atoms with van der Waals surface area (Å²) in [6.07, 6.45) is 3.11. The van der Waals surface area contributed by atoms with Gasteiger partial charge in [-0.1, -0.05) is 0 Å². The second-order valence-corrected chi connectivity index (χ2v) is 7.81. The number of nitrogens with zero attached hydrogens (tertiary/aromatic N) is 3. The number of hydrogen-bond acceptors (Lipinski definition) is 6. The molecule has 0 aliphatic carbocycles. The molecule has 3 heterocycles. The molecule has 0 spiro atoms. The molecule has 0 saturated carbocycles. The number of hydrogen-bond donors (Lipinski definition) is 2. The fourth-order valence-electron chi connectivity index (χ4n) is 4.18. The number of carbonyl (C=O) groups excluding carboxylic acids is 2. The van der Waals surface area contributed by atoms with E-state index in [1.165, 1.54) is 0 Å². The summed E-state index contributed by atoms with van der Waals surface area (Å²) in [4.78, 5) is 39.0. The van der Waals surface area contributed by atoms with Gasteiger partial charge in [-0.15, -0.1) is 0 Å². The van der Waals surface area contributed by atoms with E-state index in [0.717, 1.165) is 29.6 Å². The van der Waals surface area contributed by atoms with Crippen LogP contribution in [0.2, 0.25) is 0 Å². The fourth-order valence-corrected chi connectivity index (χ4v) is 4.18. The minimum Gasteiger partial charge on any atom is -0.496 e. The fraction of sp³-hybridized carbons (Fsp3) is 0.391. The van der Waals surface area contributed by atoms with Gasteiger partial charge in [-0.25, -0.2) is 9.97 Å². The number of piperidine rings is 1. The Morgan fingerprint density at radius 1 is 1.16 bits per heavy atom. The number of rotatable bonds is 5. The summed E-state index contributed by atoms with van der Waals surface area (Å²) in [7, 11) is 4.78. The number of aryl methyl sites for hydroxylation is 1. The maximum atomic E-state index is 13.2. The summed E-state index contributed by atoms with van der Waals surface area (Å²) in [6.45, 7) is 3.02. The van der Waals surface area contributed by atoms with Crippen molar-refractivity contribution in [2.24, 2.45) is 0 Å². The number of carbonyl (C=O) groups is 2. The number of methoxy groups -OCH3 is 2. The second kappa shape index (κ2) is 8.86. The normalized spacial score (nSPS) is 14.4. The molecule has 0 unspecified atom stereocenters. The van der Waals surface area contributed by atoms with E-state index in [1.807, 2.05) is 30.0 Å². The van der Waals surface area contributed by atoms with Gasteiger partial charge in [0, 0.05) is 37.6 Å². The predicted molar refractivity (Wildman–Crippen MR) is 119 cm³/mol. The summed E-state index contributed by atoms with van der Waals surface area (Å²) in [6, 6.07) is 5.45. The topological polar surface area (TPSA) is 109 Å². The Morgan fingerprint density at radius 2 is 1.84 bits per heavy atom. The Hall–Kier alpha value is -3.62. The van der Waals surface area contributed by atoms with Gasteiger partial charge in [0.25, 0.3) is 11.8 Å². The number of likely N-dealkylation sites (tertiary alicyclic amines) is 1. The maximum absolute atomic E-state index is 13.2. The molecule has 2 amide bonds. The Bertz CT molecular complexity index is 1120. The van der Waals surface area contributed by atoms with Crippen molar-refractivity contribution in [1.82, 2.24) is 25.2 Å². The van der Waals surface area contributed by atoms with Crippen molar-refractivity contribution in [3.8, 4) is 11.5 Å². The summed E-state index contributed by atoms with van der Waals surface area (Å²) >= 11 is 0. The van der Waals surface area contributed by atoms with Crippen LogP contribution in [0, 0.1) is 6.92 Å². The summed E-state index contributed by atoms with van der Waals surface area (Å²) in [5.41, 5.74) is 2.38. The third kappa shape index (κ3) is 3.86. The van der Waals surface area contributed by atoms with Crippen LogP contribution in [-0.4, -0.2) is 66.0 Å². The van der Waals surface area contributed by atoms with Crippen LogP contribution in [-0.2, 0) is 0 Å². The van der Waals surface area contributed by atoms with E-state index in [9.17, 15) is 9.59 Å². The monoisotopic (exact) mass is 437 g/mol. The summed E-state index contributed by atoms with van der Waals surface area (Å²) in [5.74, 6) is 1.97. The molecule has 1 aliphatic heterocycles. The van der Waals surface area contributed by atoms with E-state index >= 15 is 0 Å². The number of amides is 2. The zero-order chi connectivity index (χ0) is 22.8. The standard InChI is InChI=1S/C23H27N5O4/c1-13-16(22(29)24-2)12-25-21(26-13)14-7-9-28(10-8-14)23(30)17-11-15-18(31-3)5-6-19(32-4)20(15)27-17/h5-6,11-12,14,27H,7-10H2,1-4H3,(H,24,29). The highest BCUT2D eigenvalue weighted by molar-refractivity contribution is 6.01. The first-order valence-electron chi connectivity index (χ1n) is 10.5. The Balaban J connectivity index is 1.48. The van der Waals surface area contributed by atoms with E-state index in [-0.39, 0.29) is 17.7 Å². The number of nitrogens with one attached hydrogen (secondary N) is 2. The molecule has 2 aromatic heterocycles. The van der Waals surface area contributed by atoms with Gasteiger partial charge in [-0.2, -0.15) is 0 Å². The average Bonchev–Trinajstić information content (AvgIpc) is 3.28. The molecule has 32 heavy (non-hydrogen) atoms. The largest absolute Gasteiger partial charge is 0.496 e. The lowest BCUT2D eigenvalue weighted by atomic mass is 9.95. The first kappa shape index (κ1) is 21.6. The minimum atomic E-state index is -0.193. The molecular weight excluding hydrogens is 410 g/mol. The van der Waals surface area contributed by atoms with Crippen LogP contribution >= 0.6 is 0 Å². The molecule has 168 valence electrons. The molecule has 3 aromatic rings. The van der Waals surface area contributed by atoms with Gasteiger partial charge in [0.15, 0.2) is 0 Å². The molecule has 9 heteroatoms. The highest BCUT2D eigenvalue weighted by Gasteiger charge is 2.28. The Morgan fingerprint density at radius 3 is 2.47 bits per heavy atom. The van der Waals surface area contributed by atoms with Crippen molar-refractivity contribution in [2.45, 2.75) is 25.7 Å². The number of ether oxygens (including phenoxy) is 2. The highest BCUT2D eigenvalue weighted by Crippen LogP contribution is 2.34. The first-order valence-corrected chi connectivity index (χ1v) is 10.5. The van der Waals surface area contributed by atoms with Crippen molar-refractivity contribution >= 4 is 22.7 Å². The van der Waals surface area contributed by atoms with Gasteiger partial charge in [-0.3, -0.25) is 9.59 Å². The molecular formula is C23H27N5O4. The zero-order valence-corrected chi connectivity index (χ0v) is 18.7. The molecule has 1 saturated heterocycles. The van der Waals surface area contributed by atoms with Crippen LogP contribution in [0.3, 0.4) is 0 Å². The zero-order valence-electron chi connectivity index (χ0n) is 18.7. The van der Waals surface area contributed by atoms with E-state index in [2.05, 4.69) is 20.3 Å². The van der Waals surface area contributed by atoms with Gasteiger partial charge in [0.1, 0.15) is 23.0 Å². The molecule has 9 nitrogen and oxygen atoms in total. The average molecular weight is 438 g/mol. The van der Waals surface area contributed by atoms with Crippen LogP contribution in [0.4, 0.5) is 0 Å². The molecule has 1 aromatic carbocycles. The molecule has 4 rings (SSSR count). The molecule has 0 bridgehead atoms. The number of aromatic nitrogens is 3. The van der Waals surface area contributed by atoms with Gasteiger partial charge >= 0.3 is 0 Å². The SMILES string of the molecule is CNC(=O)c1cnc(C2CCN(C(=O)c3cc4c(OC)ccc(OC)c4[nH]3)CC2)nc1C. The lowest BCUT2D eigenvalue weighted by Gasteiger charge is -2.31. The molecule has 0 radical (unpaired) electrons. The third-order valence-electron chi connectivity index (χ3n) is 6.00. The lowest BCUT2D eigenvalue weighted by Crippen LogP contribution is -2.38. The van der Waals surface area contributed by atoms with Gasteiger partial charge in [0.2, 0.25) is 0 Å². The number of aromatic amines is 1. The van der Waals surface area contributed by atoms with Crippen LogP contribution in [0.15, 0.2) is 24.4 Å². The van der Waals surface area contributed by atoms with Gasteiger partial charge in [0.05, 0.1) is 31.0 Å². The number of H-pyrrole nitrogens is 1. The van der Waals surface area contributed by atoms with Gasteiger partial charge in [-0.05, 0) is 38.0 Å². The second-order valence-electron chi connectivity index (χ2n) is 7.81. The van der Waals surface area contributed by atoms with Crippen LogP contribution in [0.1, 0.15) is 51.1 Å². The van der Waals surface area contributed by atoms with E-state index in [1.54, 1.807) is 27.5 Å². The quantitative estimate of drug-likeness (QED) is 0.635. The summed E-state index contributed by atoms with van der Waals surface area (Å²) < 4.78 is 10.8. The minimum absolute atomic E-state index is 0.0594. The van der Waals surface area contributed by atoms with Crippen molar-refractivity contribution in [1.29, 1.82) is 0 Å². The van der Waals surface area contributed by atoms with E-state index < -0.39 is 0 Å². The van der Waals surface area contributed by atoms with Crippen LogP contribution in [0.5, 0.6) is 11.5 Å². The third-order valence-corrected chi connectivity index (χ3v) is 6.00. The molecule has 1 aliphatic rings. The molecule has 1 fully saturated rings. The summed E-state index contributed by atoms with van der Waals surface area (Å²) in [5, 5.41) is 3.41. The van der Waals surface area contributed by atoms with E-state index in [4.69, 9.17) is 9.47 Å². The lowest BCUT2D eigenvalue weighted by molar-refractivity contribution is 0.0705. The van der Waals surface area contributed by atoms with Crippen molar-refractivity contribution in [3.63, 3.8) is 0 Å². The Labute approximate surface area is 186 Å². The van der Waals surface area contributed by atoms with Crippen molar-refractivity contribution in [2.75, 3.05) is 34.4 Å². The van der Waals surface area contributed by atoms with Crippen molar-refractivity contribution < 1.29 is 19.1 Å². The van der Waals surface area contributed by atoms with Crippen LogP contribution in [0.25, 0.3) is 10.9 Å². The van der Waals surface area contributed by atoms with E-state index in [0.29, 0.717) is 41.5 Å². The highest BCUT2D eigenvalue weighted by atomic mass is 16.5.